The zero-order valence-electron chi connectivity index (χ0n) is 19.3. The summed E-state index contributed by atoms with van der Waals surface area (Å²) in [6.07, 6.45) is 0.296. The molecule has 0 saturated carbocycles. The van der Waals surface area contributed by atoms with Crippen LogP contribution >= 0.6 is 0 Å². The number of rotatable bonds is 9. The van der Waals surface area contributed by atoms with Crippen molar-refractivity contribution in [1.82, 2.24) is 24.6 Å². The van der Waals surface area contributed by atoms with Gasteiger partial charge in [-0.3, -0.25) is 9.69 Å². The quantitative estimate of drug-likeness (QED) is 0.484. The van der Waals surface area contributed by atoms with Crippen molar-refractivity contribution in [3.05, 3.63) is 71.8 Å². The van der Waals surface area contributed by atoms with Crippen LogP contribution in [0.25, 0.3) is 0 Å². The van der Waals surface area contributed by atoms with Crippen LogP contribution in [0.4, 0.5) is 4.79 Å². The smallest absolute Gasteiger partial charge is 0.408 e. The summed E-state index contributed by atoms with van der Waals surface area (Å²) >= 11 is 0. The van der Waals surface area contributed by atoms with Crippen LogP contribution in [-0.4, -0.2) is 68.0 Å². The van der Waals surface area contributed by atoms with E-state index in [-0.39, 0.29) is 19.0 Å². The van der Waals surface area contributed by atoms with E-state index in [9.17, 15) is 14.7 Å². The van der Waals surface area contributed by atoms with Crippen LogP contribution in [0.15, 0.2) is 54.9 Å². The van der Waals surface area contributed by atoms with Gasteiger partial charge in [0.25, 0.3) is 0 Å². The molecular formula is C24H27N5O5. The number of aromatic nitrogens is 3. The lowest BCUT2D eigenvalue weighted by Gasteiger charge is -2.50. The number of ether oxygens (including phenoxy) is 2. The van der Waals surface area contributed by atoms with Crippen molar-refractivity contribution in [3.8, 4) is 11.5 Å². The zero-order chi connectivity index (χ0) is 24.2. The molecule has 2 aromatic carbocycles. The highest BCUT2D eigenvalue weighted by Crippen LogP contribution is 2.33. The molecule has 2 atom stereocenters. The van der Waals surface area contributed by atoms with Gasteiger partial charge in [-0.25, -0.2) is 14.5 Å². The van der Waals surface area contributed by atoms with Gasteiger partial charge in [-0.15, -0.1) is 0 Å². The second-order valence-electron chi connectivity index (χ2n) is 8.04. The van der Waals surface area contributed by atoms with Crippen molar-refractivity contribution in [3.63, 3.8) is 0 Å². The zero-order valence-corrected chi connectivity index (χ0v) is 19.3. The van der Waals surface area contributed by atoms with Gasteiger partial charge in [0.2, 0.25) is 5.91 Å². The van der Waals surface area contributed by atoms with Gasteiger partial charge in [-0.1, -0.05) is 30.3 Å². The normalized spacial score (nSPS) is 17.3. The molecule has 1 fully saturated rings. The Balaban J connectivity index is 1.64. The van der Waals surface area contributed by atoms with E-state index in [0.717, 1.165) is 11.1 Å². The molecule has 1 aromatic heterocycles. The van der Waals surface area contributed by atoms with Crippen LogP contribution in [0.2, 0.25) is 0 Å². The molecule has 178 valence electrons. The fourth-order valence-electron chi connectivity index (χ4n) is 4.23. The highest BCUT2D eigenvalue weighted by Gasteiger charge is 2.52. The van der Waals surface area contributed by atoms with E-state index in [4.69, 9.17) is 9.47 Å². The van der Waals surface area contributed by atoms with Crippen LogP contribution in [0, 0.1) is 6.92 Å². The van der Waals surface area contributed by atoms with E-state index in [0.29, 0.717) is 23.9 Å². The Labute approximate surface area is 197 Å². The second kappa shape index (κ2) is 9.82. The summed E-state index contributed by atoms with van der Waals surface area (Å²) in [6.45, 7) is 2.51. The van der Waals surface area contributed by atoms with E-state index >= 15 is 0 Å². The average molecular weight is 466 g/mol. The summed E-state index contributed by atoms with van der Waals surface area (Å²) in [4.78, 5) is 32.6. The molecule has 1 aliphatic heterocycles. The standard InChI is InChI=1S/C24H27N5O5/c1-16-25-15-26-29(16)14-20-22(28(24(31)32)12-17-7-5-4-6-8-17)23(30)27(20)13-18-9-10-19(33-2)11-21(18)34-3/h4-11,15,20,22H,12-14H2,1-3H3,(H,31,32)/t20-,22+/m1/s1. The monoisotopic (exact) mass is 465 g/mol. The predicted octanol–water partition coefficient (Wildman–Crippen LogP) is 2.56. The number of carbonyl (C=O) groups excluding carboxylic acids is 1. The van der Waals surface area contributed by atoms with E-state index < -0.39 is 18.2 Å². The maximum atomic E-state index is 13.4. The molecule has 2 amide bonds. The van der Waals surface area contributed by atoms with Gasteiger partial charge < -0.3 is 19.5 Å². The average Bonchev–Trinajstić information content (AvgIpc) is 3.26. The highest BCUT2D eigenvalue weighted by atomic mass is 16.5. The largest absolute Gasteiger partial charge is 0.497 e. The maximum Gasteiger partial charge on any atom is 0.408 e. The fourth-order valence-corrected chi connectivity index (χ4v) is 4.23. The number of amides is 2. The lowest BCUT2D eigenvalue weighted by molar-refractivity contribution is -0.160. The molecule has 0 bridgehead atoms. The van der Waals surface area contributed by atoms with Crippen molar-refractivity contribution in [1.29, 1.82) is 0 Å². The molecule has 0 unspecified atom stereocenters. The first kappa shape index (κ1) is 23.1. The molecule has 34 heavy (non-hydrogen) atoms. The summed E-state index contributed by atoms with van der Waals surface area (Å²) < 4.78 is 12.4. The molecule has 0 radical (unpaired) electrons. The minimum atomic E-state index is -1.15. The van der Waals surface area contributed by atoms with Crippen molar-refractivity contribution < 1.29 is 24.2 Å². The Morgan fingerprint density at radius 1 is 1.15 bits per heavy atom. The van der Waals surface area contributed by atoms with Gasteiger partial charge in [0.1, 0.15) is 29.7 Å². The Bertz CT molecular complexity index is 1170. The predicted molar refractivity (Wildman–Crippen MR) is 122 cm³/mol. The third-order valence-corrected chi connectivity index (χ3v) is 6.08. The number of methoxy groups -OCH3 is 2. The summed E-state index contributed by atoms with van der Waals surface area (Å²) in [5, 5.41) is 14.2. The summed E-state index contributed by atoms with van der Waals surface area (Å²) in [7, 11) is 3.13. The molecule has 10 heteroatoms. The Morgan fingerprint density at radius 2 is 1.91 bits per heavy atom. The summed E-state index contributed by atoms with van der Waals surface area (Å²) in [5.74, 6) is 1.65. The van der Waals surface area contributed by atoms with E-state index in [1.54, 1.807) is 35.9 Å². The molecule has 1 aliphatic rings. The Hall–Kier alpha value is -4.08. The van der Waals surface area contributed by atoms with Crippen LogP contribution in [0.1, 0.15) is 17.0 Å². The van der Waals surface area contributed by atoms with E-state index in [1.165, 1.54) is 11.2 Å². The number of nitrogens with zero attached hydrogens (tertiary/aromatic N) is 5. The fraction of sp³-hybridized carbons (Fsp3) is 0.333. The number of carbonyl (C=O) groups is 2. The minimum Gasteiger partial charge on any atom is -0.497 e. The van der Waals surface area contributed by atoms with Gasteiger partial charge in [-0.2, -0.15) is 5.10 Å². The molecule has 1 saturated heterocycles. The number of carboxylic acid groups (broad SMARTS) is 1. The van der Waals surface area contributed by atoms with Crippen LogP contribution in [0.3, 0.4) is 0 Å². The second-order valence-corrected chi connectivity index (χ2v) is 8.04. The van der Waals surface area contributed by atoms with Gasteiger partial charge in [0.05, 0.1) is 26.8 Å². The number of aryl methyl sites for hydroxylation is 1. The molecule has 0 aliphatic carbocycles. The van der Waals surface area contributed by atoms with Gasteiger partial charge in [-0.05, 0) is 24.6 Å². The first-order chi connectivity index (χ1) is 16.4. The molecule has 3 aromatic rings. The Kier molecular flexibility index (Phi) is 6.67. The number of likely N-dealkylation sites (tertiary alicyclic amines) is 1. The first-order valence-corrected chi connectivity index (χ1v) is 10.8. The maximum absolute atomic E-state index is 13.4. The van der Waals surface area contributed by atoms with E-state index in [2.05, 4.69) is 10.1 Å². The van der Waals surface area contributed by atoms with Crippen molar-refractivity contribution in [2.75, 3.05) is 14.2 Å². The van der Waals surface area contributed by atoms with E-state index in [1.807, 2.05) is 43.3 Å². The van der Waals surface area contributed by atoms with Crippen molar-refractivity contribution in [2.45, 2.75) is 38.6 Å². The molecule has 10 nitrogen and oxygen atoms in total. The van der Waals surface area contributed by atoms with Crippen LogP contribution in [0.5, 0.6) is 11.5 Å². The van der Waals surface area contributed by atoms with Crippen LogP contribution in [-0.2, 0) is 24.4 Å². The number of benzene rings is 2. The number of hydrogen-bond acceptors (Lipinski definition) is 6. The molecule has 1 N–H and O–H groups in total. The molecule has 2 heterocycles. The highest BCUT2D eigenvalue weighted by molar-refractivity contribution is 5.92. The lowest BCUT2D eigenvalue weighted by Crippen LogP contribution is -2.71. The Morgan fingerprint density at radius 3 is 2.53 bits per heavy atom. The SMILES string of the molecule is COc1ccc(CN2C(=O)[C@@H](N(Cc3ccccc3)C(=O)O)[C@H]2Cn2ncnc2C)c(OC)c1. The summed E-state index contributed by atoms with van der Waals surface area (Å²) in [6, 6.07) is 13.4. The third-order valence-electron chi connectivity index (χ3n) is 6.08. The topological polar surface area (TPSA) is 110 Å². The number of hydrogen-bond donors (Lipinski definition) is 1. The lowest BCUT2D eigenvalue weighted by atomic mass is 9.91. The molecule has 4 rings (SSSR count). The van der Waals surface area contributed by atoms with Crippen LogP contribution < -0.4 is 9.47 Å². The minimum absolute atomic E-state index is 0.110. The number of β-lactam (4-membered cyclic amide) rings is 1. The first-order valence-electron chi connectivity index (χ1n) is 10.8. The van der Waals surface area contributed by atoms with Gasteiger partial charge in [0.15, 0.2) is 0 Å². The van der Waals surface area contributed by atoms with Gasteiger partial charge >= 0.3 is 6.09 Å². The summed E-state index contributed by atoms with van der Waals surface area (Å²) in [5.41, 5.74) is 1.60. The molecule has 0 spiro atoms. The molecular weight excluding hydrogens is 438 g/mol. The third kappa shape index (κ3) is 4.52. The van der Waals surface area contributed by atoms with Crippen molar-refractivity contribution in [2.24, 2.45) is 0 Å². The van der Waals surface area contributed by atoms with Gasteiger partial charge in [0, 0.05) is 24.7 Å². The van der Waals surface area contributed by atoms with Crippen molar-refractivity contribution >= 4 is 12.0 Å².